The minimum absolute atomic E-state index is 0.715. The molecule has 2 nitrogen and oxygen atoms in total. The van der Waals surface area contributed by atoms with Crippen LogP contribution in [-0.2, 0) is 0 Å². The van der Waals surface area contributed by atoms with Crippen LogP contribution in [0.25, 0.3) is 0 Å². The number of rotatable bonds is 3. The zero-order valence-corrected chi connectivity index (χ0v) is 5.82. The fraction of sp³-hybridized carbons (Fsp3) is 0.857. The van der Waals surface area contributed by atoms with E-state index in [1.54, 1.807) is 0 Å². The van der Waals surface area contributed by atoms with Crippen molar-refractivity contribution in [3.63, 3.8) is 0 Å². The minimum Gasteiger partial charge on any atom is -0.303 e. The van der Waals surface area contributed by atoms with E-state index in [9.17, 15) is 0 Å². The number of nitrogens with one attached hydrogen (secondary N) is 2. The predicted molar refractivity (Wildman–Crippen MR) is 39.0 cm³/mol. The van der Waals surface area contributed by atoms with Gasteiger partial charge in [0, 0.05) is 19.3 Å². The van der Waals surface area contributed by atoms with Gasteiger partial charge in [0.2, 0.25) is 0 Å². The summed E-state index contributed by atoms with van der Waals surface area (Å²) in [5.41, 5.74) is 0. The molecule has 1 radical (unpaired) electrons. The van der Waals surface area contributed by atoms with E-state index in [0.717, 1.165) is 19.6 Å². The van der Waals surface area contributed by atoms with Gasteiger partial charge in [0.25, 0.3) is 0 Å². The summed E-state index contributed by atoms with van der Waals surface area (Å²) >= 11 is 0. The molecule has 0 bridgehead atoms. The molecule has 1 fully saturated rings. The Kier molecular flexibility index (Phi) is 3.01. The van der Waals surface area contributed by atoms with E-state index >= 15 is 0 Å². The average Bonchev–Trinajstić information content (AvgIpc) is 2.34. The molecule has 0 spiro atoms. The molecule has 1 saturated heterocycles. The van der Waals surface area contributed by atoms with Crippen LogP contribution in [0.4, 0.5) is 0 Å². The first kappa shape index (κ1) is 7.03. The van der Waals surface area contributed by atoms with Gasteiger partial charge >= 0.3 is 0 Å². The third kappa shape index (κ3) is 2.33. The molecule has 1 atom stereocenters. The van der Waals surface area contributed by atoms with E-state index in [1.807, 2.05) is 0 Å². The molecule has 0 aromatic carbocycles. The Labute approximate surface area is 57.0 Å². The summed E-state index contributed by atoms with van der Waals surface area (Å²) in [6.07, 6.45) is 3.59. The minimum atomic E-state index is 0.715. The van der Waals surface area contributed by atoms with Crippen molar-refractivity contribution in [1.82, 2.24) is 10.6 Å². The molecule has 1 rings (SSSR count). The molecule has 2 heteroatoms. The summed E-state index contributed by atoms with van der Waals surface area (Å²) < 4.78 is 0. The molecule has 53 valence electrons. The number of hydrogen-bond donors (Lipinski definition) is 2. The van der Waals surface area contributed by atoms with Gasteiger partial charge in [-0.1, -0.05) is 19.8 Å². The molecule has 2 N–H and O–H groups in total. The van der Waals surface area contributed by atoms with Crippen molar-refractivity contribution >= 4 is 0 Å². The highest BCUT2D eigenvalue weighted by molar-refractivity contribution is 4.74. The van der Waals surface area contributed by atoms with Crippen LogP contribution in [0.5, 0.6) is 0 Å². The average molecular weight is 127 g/mol. The molecule has 1 heterocycles. The zero-order chi connectivity index (χ0) is 6.53. The third-order valence-corrected chi connectivity index (χ3v) is 1.71. The molecule has 1 aliphatic rings. The highest BCUT2D eigenvalue weighted by Crippen LogP contribution is 2.00. The summed E-state index contributed by atoms with van der Waals surface area (Å²) in [6.45, 7) is 5.93. The molecular weight excluding hydrogens is 112 g/mol. The van der Waals surface area contributed by atoms with E-state index in [2.05, 4.69) is 17.6 Å². The molecule has 1 unspecified atom stereocenters. The van der Waals surface area contributed by atoms with Crippen molar-refractivity contribution < 1.29 is 0 Å². The molecule has 9 heavy (non-hydrogen) atoms. The van der Waals surface area contributed by atoms with Gasteiger partial charge in [-0.05, 0) is 6.42 Å². The second-order valence-electron chi connectivity index (χ2n) is 2.53. The standard InChI is InChI=1S/C7H15N2/c1-2-3-4-7-5-8-6-9-7/h7-9H,1-6H2. The van der Waals surface area contributed by atoms with Crippen molar-refractivity contribution in [3.8, 4) is 0 Å². The maximum absolute atomic E-state index is 3.80. The van der Waals surface area contributed by atoms with Gasteiger partial charge in [0.15, 0.2) is 0 Å². The highest BCUT2D eigenvalue weighted by atomic mass is 15.2. The first-order valence-corrected chi connectivity index (χ1v) is 3.67. The molecule has 0 aromatic heterocycles. The SMILES string of the molecule is [CH2]CCCC1CNCN1. The van der Waals surface area contributed by atoms with Crippen LogP contribution in [-0.4, -0.2) is 19.3 Å². The summed E-state index contributed by atoms with van der Waals surface area (Å²) in [6, 6.07) is 0.715. The summed E-state index contributed by atoms with van der Waals surface area (Å²) in [7, 11) is 0. The molecule has 0 saturated carbocycles. The van der Waals surface area contributed by atoms with E-state index in [4.69, 9.17) is 0 Å². The Morgan fingerprint density at radius 3 is 3.00 bits per heavy atom. The van der Waals surface area contributed by atoms with Crippen molar-refractivity contribution in [3.05, 3.63) is 6.92 Å². The fourth-order valence-electron chi connectivity index (χ4n) is 1.13. The smallest absolute Gasteiger partial charge is 0.0457 e. The van der Waals surface area contributed by atoms with Crippen LogP contribution >= 0.6 is 0 Å². The lowest BCUT2D eigenvalue weighted by atomic mass is 10.1. The number of unbranched alkanes of at least 4 members (excludes halogenated alkanes) is 1. The Morgan fingerprint density at radius 1 is 1.56 bits per heavy atom. The second kappa shape index (κ2) is 3.85. The molecule has 0 aliphatic carbocycles. The Bertz CT molecular complexity index is 67.3. The maximum atomic E-state index is 3.80. The van der Waals surface area contributed by atoms with Crippen LogP contribution in [0.15, 0.2) is 0 Å². The quantitative estimate of drug-likeness (QED) is 0.577. The van der Waals surface area contributed by atoms with Gasteiger partial charge in [-0.15, -0.1) is 0 Å². The monoisotopic (exact) mass is 127 g/mol. The van der Waals surface area contributed by atoms with Crippen LogP contribution in [0.3, 0.4) is 0 Å². The summed E-state index contributed by atoms with van der Waals surface area (Å²) in [5, 5.41) is 6.60. The second-order valence-corrected chi connectivity index (χ2v) is 2.53. The Hall–Kier alpha value is -0.0800. The van der Waals surface area contributed by atoms with E-state index in [1.165, 1.54) is 12.8 Å². The first-order chi connectivity index (χ1) is 4.43. The van der Waals surface area contributed by atoms with E-state index < -0.39 is 0 Å². The maximum Gasteiger partial charge on any atom is 0.0457 e. The third-order valence-electron chi connectivity index (χ3n) is 1.71. The van der Waals surface area contributed by atoms with Gasteiger partial charge in [-0.25, -0.2) is 0 Å². The number of hydrogen-bond acceptors (Lipinski definition) is 2. The Balaban J connectivity index is 1.98. The fourth-order valence-corrected chi connectivity index (χ4v) is 1.13. The van der Waals surface area contributed by atoms with Crippen molar-refractivity contribution in [2.24, 2.45) is 0 Å². The lowest BCUT2D eigenvalue weighted by Gasteiger charge is -2.05. The van der Waals surface area contributed by atoms with Gasteiger partial charge < -0.3 is 10.6 Å². The van der Waals surface area contributed by atoms with Crippen LogP contribution in [0.1, 0.15) is 19.3 Å². The topological polar surface area (TPSA) is 24.1 Å². The highest BCUT2D eigenvalue weighted by Gasteiger charge is 2.10. The molecule has 1 aliphatic heterocycles. The lowest BCUT2D eigenvalue weighted by molar-refractivity contribution is 0.559. The molecular formula is C7H15N2. The van der Waals surface area contributed by atoms with Gasteiger partial charge in [0.1, 0.15) is 0 Å². The van der Waals surface area contributed by atoms with Crippen LogP contribution < -0.4 is 10.6 Å². The predicted octanol–water partition coefficient (Wildman–Crippen LogP) is 0.510. The summed E-state index contributed by atoms with van der Waals surface area (Å²) in [5.74, 6) is 0. The molecule has 0 amide bonds. The molecule has 0 aromatic rings. The first-order valence-electron chi connectivity index (χ1n) is 3.67. The zero-order valence-electron chi connectivity index (χ0n) is 5.82. The van der Waals surface area contributed by atoms with E-state index in [-0.39, 0.29) is 0 Å². The van der Waals surface area contributed by atoms with Crippen LogP contribution in [0, 0.1) is 6.92 Å². The van der Waals surface area contributed by atoms with Crippen LogP contribution in [0.2, 0.25) is 0 Å². The summed E-state index contributed by atoms with van der Waals surface area (Å²) in [4.78, 5) is 0. The normalized spacial score (nSPS) is 27.0. The van der Waals surface area contributed by atoms with Gasteiger partial charge in [-0.2, -0.15) is 0 Å². The largest absolute Gasteiger partial charge is 0.303 e. The van der Waals surface area contributed by atoms with E-state index in [0.29, 0.717) is 6.04 Å². The van der Waals surface area contributed by atoms with Crippen molar-refractivity contribution in [1.29, 1.82) is 0 Å². The van der Waals surface area contributed by atoms with Crippen molar-refractivity contribution in [2.75, 3.05) is 13.2 Å². The van der Waals surface area contributed by atoms with Gasteiger partial charge in [0.05, 0.1) is 0 Å². The lowest BCUT2D eigenvalue weighted by Crippen LogP contribution is -2.22. The van der Waals surface area contributed by atoms with Gasteiger partial charge in [-0.3, -0.25) is 0 Å². The Morgan fingerprint density at radius 2 is 2.44 bits per heavy atom. The van der Waals surface area contributed by atoms with Crippen molar-refractivity contribution in [2.45, 2.75) is 25.3 Å².